The van der Waals surface area contributed by atoms with Crippen molar-refractivity contribution in [3.8, 4) is 11.5 Å². The maximum Gasteiger partial charge on any atom is 0.247 e. The number of aryl methyl sites for hydroxylation is 2. The van der Waals surface area contributed by atoms with Crippen molar-refractivity contribution in [1.82, 2.24) is 8.61 Å². The summed E-state index contributed by atoms with van der Waals surface area (Å²) in [5.41, 5.74) is 3.82. The molecule has 2 aromatic rings. The molecule has 1 fully saturated rings. The Labute approximate surface area is 235 Å². The molecule has 1 aliphatic rings. The number of piperazine rings is 1. The molecule has 0 aliphatic carbocycles. The second-order valence-electron chi connectivity index (χ2n) is 10.8. The molecule has 3 rings (SSSR count). The molecular formula is C29H44N2O6S2. The Kier molecular flexibility index (Phi) is 9.79. The smallest absolute Gasteiger partial charge is 0.247 e. The summed E-state index contributed by atoms with van der Waals surface area (Å²) in [5, 5.41) is 0. The number of hydrogen-bond donors (Lipinski definition) is 0. The number of hydrogen-bond acceptors (Lipinski definition) is 6. The molecule has 0 spiro atoms. The van der Waals surface area contributed by atoms with E-state index in [9.17, 15) is 16.8 Å². The zero-order chi connectivity index (χ0) is 29.3. The molecule has 0 saturated carbocycles. The van der Waals surface area contributed by atoms with Crippen LogP contribution >= 0.6 is 0 Å². The van der Waals surface area contributed by atoms with Gasteiger partial charge in [-0.05, 0) is 93.0 Å². The first-order chi connectivity index (χ1) is 18.2. The fourth-order valence-electron chi connectivity index (χ4n) is 5.29. The minimum Gasteiger partial charge on any atom is -0.492 e. The lowest BCUT2D eigenvalue weighted by Gasteiger charge is -2.38. The van der Waals surface area contributed by atoms with Crippen LogP contribution in [0, 0.1) is 13.8 Å². The van der Waals surface area contributed by atoms with Crippen molar-refractivity contribution >= 4 is 20.0 Å². The largest absolute Gasteiger partial charge is 0.492 e. The van der Waals surface area contributed by atoms with E-state index in [1.54, 1.807) is 31.2 Å². The molecule has 1 aliphatic heterocycles. The lowest BCUT2D eigenvalue weighted by Crippen LogP contribution is -2.55. The third-order valence-electron chi connectivity index (χ3n) is 7.24. The Hall–Kier alpha value is -2.14. The topological polar surface area (TPSA) is 93.2 Å². The molecular weight excluding hydrogens is 536 g/mol. The van der Waals surface area contributed by atoms with Gasteiger partial charge in [0, 0.05) is 25.7 Å². The average molecular weight is 581 g/mol. The van der Waals surface area contributed by atoms with Gasteiger partial charge in [0.2, 0.25) is 20.0 Å². The van der Waals surface area contributed by atoms with Gasteiger partial charge in [0.1, 0.15) is 21.3 Å². The second-order valence-corrected chi connectivity index (χ2v) is 14.6. The first-order valence-corrected chi connectivity index (χ1v) is 16.6. The standard InChI is InChI=1S/C29H44N2O6S2/c1-10-36-26-14-21(7)24(19(3)4)16-28(26)38(32,33)30-12-13-31(23(9)18-30)39(34,35)29-17-25(20(5)6)22(8)15-27(29)37-11-2/h14-17,19-20,23H,10-13,18H2,1-9H3/t23-/m1/s1. The van der Waals surface area contributed by atoms with Crippen LogP contribution < -0.4 is 9.47 Å². The molecule has 1 atom stereocenters. The Bertz CT molecular complexity index is 1400. The number of ether oxygens (including phenoxy) is 2. The van der Waals surface area contributed by atoms with Gasteiger partial charge in [-0.3, -0.25) is 0 Å². The van der Waals surface area contributed by atoms with Gasteiger partial charge in [0.05, 0.1) is 13.2 Å². The monoisotopic (exact) mass is 580 g/mol. The molecule has 0 aromatic heterocycles. The van der Waals surface area contributed by atoms with E-state index in [0.29, 0.717) is 24.7 Å². The Morgan fingerprint density at radius 1 is 0.769 bits per heavy atom. The normalized spacial score (nSPS) is 17.7. The highest BCUT2D eigenvalue weighted by Crippen LogP contribution is 2.37. The highest BCUT2D eigenvalue weighted by atomic mass is 32.2. The molecule has 10 heteroatoms. The van der Waals surface area contributed by atoms with Crippen LogP contribution in [0.3, 0.4) is 0 Å². The first kappa shape index (κ1) is 31.4. The molecule has 0 bridgehead atoms. The zero-order valence-electron chi connectivity index (χ0n) is 24.7. The van der Waals surface area contributed by atoms with E-state index >= 15 is 0 Å². The maximum absolute atomic E-state index is 14.0. The Balaban J connectivity index is 1.98. The minimum absolute atomic E-state index is 0.0326. The van der Waals surface area contributed by atoms with Crippen molar-refractivity contribution < 1.29 is 26.3 Å². The van der Waals surface area contributed by atoms with Gasteiger partial charge in [0.15, 0.2) is 0 Å². The van der Waals surface area contributed by atoms with Crippen LogP contribution in [-0.2, 0) is 20.0 Å². The Morgan fingerprint density at radius 3 is 1.59 bits per heavy atom. The third-order valence-corrected chi connectivity index (χ3v) is 11.2. The van der Waals surface area contributed by atoms with Gasteiger partial charge in [-0.25, -0.2) is 16.8 Å². The van der Waals surface area contributed by atoms with Gasteiger partial charge in [0.25, 0.3) is 0 Å². The summed E-state index contributed by atoms with van der Waals surface area (Å²) in [7, 11) is -7.88. The molecule has 0 amide bonds. The van der Waals surface area contributed by atoms with Crippen molar-refractivity contribution in [3.05, 3.63) is 46.5 Å². The van der Waals surface area contributed by atoms with Gasteiger partial charge in [-0.1, -0.05) is 27.7 Å². The minimum atomic E-state index is -3.95. The van der Waals surface area contributed by atoms with Crippen LogP contribution in [0.25, 0.3) is 0 Å². The zero-order valence-corrected chi connectivity index (χ0v) is 26.4. The van der Waals surface area contributed by atoms with Crippen molar-refractivity contribution in [2.45, 2.75) is 90.0 Å². The van der Waals surface area contributed by atoms with Crippen molar-refractivity contribution in [3.63, 3.8) is 0 Å². The van der Waals surface area contributed by atoms with E-state index in [0.717, 1.165) is 22.3 Å². The second kappa shape index (κ2) is 12.2. The molecule has 0 N–H and O–H groups in total. The highest BCUT2D eigenvalue weighted by molar-refractivity contribution is 7.89. The molecule has 39 heavy (non-hydrogen) atoms. The van der Waals surface area contributed by atoms with Gasteiger partial charge >= 0.3 is 0 Å². The molecule has 8 nitrogen and oxygen atoms in total. The predicted octanol–water partition coefficient (Wildman–Crippen LogP) is 5.43. The maximum atomic E-state index is 14.0. The summed E-state index contributed by atoms with van der Waals surface area (Å²) in [6.07, 6.45) is 0. The SMILES string of the molecule is CCOc1cc(C)c(C(C)C)cc1S(=O)(=O)N1CCN(S(=O)(=O)c2cc(C(C)C)c(C)cc2OCC)[C@H](C)C1. The summed E-state index contributed by atoms with van der Waals surface area (Å²) in [4.78, 5) is 0.251. The summed E-state index contributed by atoms with van der Waals surface area (Å²) >= 11 is 0. The molecule has 0 unspecified atom stereocenters. The van der Waals surface area contributed by atoms with E-state index in [2.05, 4.69) is 0 Å². The molecule has 218 valence electrons. The highest BCUT2D eigenvalue weighted by Gasteiger charge is 2.40. The average Bonchev–Trinajstić information content (AvgIpc) is 2.83. The van der Waals surface area contributed by atoms with Crippen LogP contribution in [0.5, 0.6) is 11.5 Å². The molecule has 0 radical (unpaired) electrons. The quantitative estimate of drug-likeness (QED) is 0.372. The van der Waals surface area contributed by atoms with Gasteiger partial charge < -0.3 is 9.47 Å². The van der Waals surface area contributed by atoms with E-state index in [-0.39, 0.29) is 41.3 Å². The van der Waals surface area contributed by atoms with Crippen LogP contribution in [0.1, 0.15) is 82.6 Å². The third kappa shape index (κ3) is 6.29. The molecule has 2 aromatic carbocycles. The number of rotatable bonds is 10. The number of nitrogens with zero attached hydrogens (tertiary/aromatic N) is 2. The fraction of sp³-hybridized carbons (Fsp3) is 0.586. The first-order valence-electron chi connectivity index (χ1n) is 13.7. The summed E-state index contributed by atoms with van der Waals surface area (Å²) < 4.78 is 70.0. The van der Waals surface area contributed by atoms with Crippen LogP contribution in [-0.4, -0.2) is 64.3 Å². The number of benzene rings is 2. The van der Waals surface area contributed by atoms with E-state index in [1.807, 2.05) is 55.4 Å². The van der Waals surface area contributed by atoms with Crippen molar-refractivity contribution in [2.24, 2.45) is 0 Å². The van der Waals surface area contributed by atoms with Crippen LogP contribution in [0.15, 0.2) is 34.1 Å². The molecule has 1 saturated heterocycles. The van der Waals surface area contributed by atoms with Crippen molar-refractivity contribution in [2.75, 3.05) is 32.8 Å². The molecule has 1 heterocycles. The summed E-state index contributed by atoms with van der Waals surface area (Å²) in [6, 6.07) is 6.42. The van der Waals surface area contributed by atoms with E-state index in [4.69, 9.17) is 9.47 Å². The van der Waals surface area contributed by atoms with Gasteiger partial charge in [-0.2, -0.15) is 8.61 Å². The predicted molar refractivity (Wildman–Crippen MR) is 155 cm³/mol. The fourth-order valence-corrected chi connectivity index (χ4v) is 8.71. The Morgan fingerprint density at radius 2 is 1.21 bits per heavy atom. The lowest BCUT2D eigenvalue weighted by molar-refractivity contribution is 0.211. The van der Waals surface area contributed by atoms with Crippen molar-refractivity contribution in [1.29, 1.82) is 0 Å². The number of sulfonamides is 2. The van der Waals surface area contributed by atoms with E-state index < -0.39 is 26.1 Å². The van der Waals surface area contributed by atoms with Crippen LogP contribution in [0.2, 0.25) is 0 Å². The summed E-state index contributed by atoms with van der Waals surface area (Å²) in [5.74, 6) is 0.923. The van der Waals surface area contributed by atoms with E-state index in [1.165, 1.54) is 8.61 Å². The van der Waals surface area contributed by atoms with Gasteiger partial charge in [-0.15, -0.1) is 0 Å². The summed E-state index contributed by atoms with van der Waals surface area (Å²) in [6.45, 7) is 18.2. The lowest BCUT2D eigenvalue weighted by atomic mass is 9.98. The van der Waals surface area contributed by atoms with Crippen LogP contribution in [0.4, 0.5) is 0 Å².